The quantitative estimate of drug-likeness (QED) is 0.909. The Kier molecular flexibility index (Phi) is 4.39. The molecule has 0 saturated carbocycles. The molecule has 1 aliphatic heterocycles. The number of hydrogen-bond acceptors (Lipinski definition) is 3. The van der Waals surface area contributed by atoms with Crippen LogP contribution in [0.4, 0.5) is 4.39 Å². The molecule has 1 saturated heterocycles. The van der Waals surface area contributed by atoms with Gasteiger partial charge in [0.2, 0.25) is 15.9 Å². The van der Waals surface area contributed by atoms with Crippen molar-refractivity contribution in [3.63, 3.8) is 0 Å². The molecule has 110 valence electrons. The van der Waals surface area contributed by atoms with Crippen molar-refractivity contribution >= 4 is 15.9 Å². The van der Waals surface area contributed by atoms with Crippen molar-refractivity contribution in [1.29, 1.82) is 0 Å². The Morgan fingerprint density at radius 3 is 2.55 bits per heavy atom. The third kappa shape index (κ3) is 2.83. The van der Waals surface area contributed by atoms with Gasteiger partial charge in [-0.1, -0.05) is 6.42 Å². The SMILES string of the molecule is CNC(=O)C1CCCCN1S(=O)(=O)c1ccc(F)cc1. The van der Waals surface area contributed by atoms with Crippen molar-refractivity contribution in [2.45, 2.75) is 30.2 Å². The highest BCUT2D eigenvalue weighted by Gasteiger charge is 2.37. The highest BCUT2D eigenvalue weighted by molar-refractivity contribution is 7.89. The highest BCUT2D eigenvalue weighted by atomic mass is 32.2. The second kappa shape index (κ2) is 5.88. The molecular weight excluding hydrogens is 283 g/mol. The van der Waals surface area contributed by atoms with E-state index in [9.17, 15) is 17.6 Å². The maximum atomic E-state index is 12.9. The van der Waals surface area contributed by atoms with Crippen LogP contribution >= 0.6 is 0 Å². The smallest absolute Gasteiger partial charge is 0.243 e. The van der Waals surface area contributed by atoms with Crippen molar-refractivity contribution < 1.29 is 17.6 Å². The summed E-state index contributed by atoms with van der Waals surface area (Å²) in [5.74, 6) is -0.805. The maximum absolute atomic E-state index is 12.9. The van der Waals surface area contributed by atoms with Gasteiger partial charge in [0, 0.05) is 13.6 Å². The van der Waals surface area contributed by atoms with Gasteiger partial charge in [-0.2, -0.15) is 4.31 Å². The fourth-order valence-corrected chi connectivity index (χ4v) is 4.02. The number of carbonyl (C=O) groups excluding carboxylic acids is 1. The number of halogens is 1. The fourth-order valence-electron chi connectivity index (χ4n) is 2.36. The van der Waals surface area contributed by atoms with Crippen molar-refractivity contribution in [3.8, 4) is 0 Å². The van der Waals surface area contributed by atoms with Crippen molar-refractivity contribution in [3.05, 3.63) is 30.1 Å². The fraction of sp³-hybridized carbons (Fsp3) is 0.462. The van der Waals surface area contributed by atoms with Gasteiger partial charge in [0.1, 0.15) is 11.9 Å². The van der Waals surface area contributed by atoms with Crippen molar-refractivity contribution in [2.24, 2.45) is 0 Å². The van der Waals surface area contributed by atoms with Crippen LogP contribution in [0.1, 0.15) is 19.3 Å². The summed E-state index contributed by atoms with van der Waals surface area (Å²) in [6.07, 6.45) is 2.03. The number of amides is 1. The van der Waals surface area contributed by atoms with Gasteiger partial charge < -0.3 is 5.32 Å². The van der Waals surface area contributed by atoms with E-state index in [1.54, 1.807) is 0 Å². The molecule has 1 heterocycles. The van der Waals surface area contributed by atoms with Crippen LogP contribution in [0, 0.1) is 5.82 Å². The molecule has 1 aromatic rings. The molecule has 7 heteroatoms. The molecule has 0 radical (unpaired) electrons. The zero-order chi connectivity index (χ0) is 14.8. The molecular formula is C13H17FN2O3S. The largest absolute Gasteiger partial charge is 0.358 e. The first-order valence-corrected chi connectivity index (χ1v) is 7.90. The first kappa shape index (κ1) is 14.9. The van der Waals surface area contributed by atoms with Gasteiger partial charge >= 0.3 is 0 Å². The lowest BCUT2D eigenvalue weighted by molar-refractivity contribution is -0.125. The minimum Gasteiger partial charge on any atom is -0.358 e. The van der Waals surface area contributed by atoms with E-state index in [2.05, 4.69) is 5.32 Å². The molecule has 1 amide bonds. The second-order valence-corrected chi connectivity index (χ2v) is 6.59. The number of nitrogens with zero attached hydrogens (tertiary/aromatic N) is 1. The average Bonchev–Trinajstić information content (AvgIpc) is 2.47. The van der Waals surface area contributed by atoms with E-state index in [-0.39, 0.29) is 10.8 Å². The number of piperidine rings is 1. The van der Waals surface area contributed by atoms with Crippen LogP contribution in [0.5, 0.6) is 0 Å². The molecule has 2 rings (SSSR count). The number of rotatable bonds is 3. The topological polar surface area (TPSA) is 66.5 Å². The number of nitrogens with one attached hydrogen (secondary N) is 1. The summed E-state index contributed by atoms with van der Waals surface area (Å²) in [6.45, 7) is 0.303. The number of carbonyl (C=O) groups is 1. The predicted octanol–water partition coefficient (Wildman–Crippen LogP) is 1.11. The molecule has 1 aliphatic rings. The standard InChI is InChI=1S/C13H17FN2O3S/c1-15-13(17)12-4-2-3-9-16(12)20(18,19)11-7-5-10(14)6-8-11/h5-8,12H,2-4,9H2,1H3,(H,15,17). The van der Waals surface area contributed by atoms with Gasteiger partial charge in [0.25, 0.3) is 0 Å². The summed E-state index contributed by atoms with van der Waals surface area (Å²) in [4.78, 5) is 11.8. The van der Waals surface area contributed by atoms with E-state index in [4.69, 9.17) is 0 Å². The molecule has 20 heavy (non-hydrogen) atoms. The van der Waals surface area contributed by atoms with Gasteiger partial charge in [-0.15, -0.1) is 0 Å². The van der Waals surface area contributed by atoms with Crippen molar-refractivity contribution in [1.82, 2.24) is 9.62 Å². The molecule has 0 aliphatic carbocycles. The Morgan fingerprint density at radius 1 is 1.30 bits per heavy atom. The van der Waals surface area contributed by atoms with Gasteiger partial charge in [-0.3, -0.25) is 4.79 Å². The van der Waals surface area contributed by atoms with E-state index >= 15 is 0 Å². The summed E-state index contributed by atoms with van der Waals surface area (Å²) >= 11 is 0. The lowest BCUT2D eigenvalue weighted by Gasteiger charge is -2.33. The van der Waals surface area contributed by atoms with Gasteiger partial charge in [-0.05, 0) is 37.1 Å². The Hall–Kier alpha value is -1.47. The van der Waals surface area contributed by atoms with Crippen LogP contribution in [0.25, 0.3) is 0 Å². The van der Waals surface area contributed by atoms with Gasteiger partial charge in [0.15, 0.2) is 0 Å². The minimum atomic E-state index is -3.78. The molecule has 1 atom stereocenters. The number of likely N-dealkylation sites (N-methyl/N-ethyl adjacent to an activating group) is 1. The normalized spacial score (nSPS) is 20.6. The lowest BCUT2D eigenvalue weighted by Crippen LogP contribution is -2.51. The number of sulfonamides is 1. The monoisotopic (exact) mass is 300 g/mol. The van der Waals surface area contributed by atoms with Gasteiger partial charge in [0.05, 0.1) is 4.90 Å². The van der Waals surface area contributed by atoms with Crippen LogP contribution in [-0.4, -0.2) is 38.3 Å². The third-order valence-electron chi connectivity index (χ3n) is 3.42. The molecule has 0 spiro atoms. The Bertz CT molecular complexity index is 586. The summed E-state index contributed by atoms with van der Waals surface area (Å²) in [5, 5.41) is 2.49. The van der Waals surface area contributed by atoms with Crippen LogP contribution in [0.3, 0.4) is 0 Å². The van der Waals surface area contributed by atoms with Crippen LogP contribution in [0.15, 0.2) is 29.2 Å². The molecule has 1 N–H and O–H groups in total. The zero-order valence-corrected chi connectivity index (χ0v) is 12.0. The zero-order valence-electron chi connectivity index (χ0n) is 11.2. The average molecular weight is 300 g/mol. The summed E-state index contributed by atoms with van der Waals surface area (Å²) in [7, 11) is -2.29. The van der Waals surface area contributed by atoms with Crippen LogP contribution in [-0.2, 0) is 14.8 Å². The molecule has 0 aromatic heterocycles. The molecule has 5 nitrogen and oxygen atoms in total. The van der Waals surface area contributed by atoms with E-state index in [0.717, 1.165) is 18.6 Å². The van der Waals surface area contributed by atoms with E-state index in [1.807, 2.05) is 0 Å². The Morgan fingerprint density at radius 2 is 1.95 bits per heavy atom. The highest BCUT2D eigenvalue weighted by Crippen LogP contribution is 2.25. The van der Waals surface area contributed by atoms with E-state index < -0.39 is 21.9 Å². The van der Waals surface area contributed by atoms with E-state index in [0.29, 0.717) is 19.4 Å². The summed E-state index contributed by atoms with van der Waals surface area (Å²) in [5.41, 5.74) is 0. The minimum absolute atomic E-state index is 0.00898. The predicted molar refractivity (Wildman–Crippen MR) is 72.0 cm³/mol. The summed E-state index contributed by atoms with van der Waals surface area (Å²) < 4.78 is 39.2. The maximum Gasteiger partial charge on any atom is 0.243 e. The Labute approximate surface area is 117 Å². The van der Waals surface area contributed by atoms with Crippen molar-refractivity contribution in [2.75, 3.05) is 13.6 Å². The second-order valence-electron chi connectivity index (χ2n) is 4.70. The molecule has 1 aromatic carbocycles. The summed E-state index contributed by atoms with van der Waals surface area (Å²) in [6, 6.07) is 3.96. The number of benzene rings is 1. The first-order chi connectivity index (χ1) is 9.46. The molecule has 0 bridgehead atoms. The molecule has 1 fully saturated rings. The van der Waals surface area contributed by atoms with Gasteiger partial charge in [-0.25, -0.2) is 12.8 Å². The lowest BCUT2D eigenvalue weighted by atomic mass is 10.0. The van der Waals surface area contributed by atoms with Crippen LogP contribution in [0.2, 0.25) is 0 Å². The van der Waals surface area contributed by atoms with E-state index in [1.165, 1.54) is 23.5 Å². The molecule has 1 unspecified atom stereocenters. The Balaban J connectivity index is 2.35. The number of hydrogen-bond donors (Lipinski definition) is 1. The van der Waals surface area contributed by atoms with Crippen LogP contribution < -0.4 is 5.32 Å². The third-order valence-corrected chi connectivity index (χ3v) is 5.35. The first-order valence-electron chi connectivity index (χ1n) is 6.46.